The number of carbonyl (C=O) groups is 1. The Kier molecular flexibility index (Phi) is 4.53. The molecule has 0 bridgehead atoms. The summed E-state index contributed by atoms with van der Waals surface area (Å²) in [5.41, 5.74) is 2.60. The molecule has 2 aromatic rings. The third-order valence-electron chi connectivity index (χ3n) is 4.19. The van der Waals surface area contributed by atoms with Crippen LogP contribution in [0.3, 0.4) is 0 Å². The van der Waals surface area contributed by atoms with Crippen LogP contribution < -0.4 is 5.32 Å². The Morgan fingerprint density at radius 3 is 2.70 bits per heavy atom. The molecule has 0 aliphatic carbocycles. The zero-order chi connectivity index (χ0) is 16.4. The van der Waals surface area contributed by atoms with Crippen molar-refractivity contribution in [3.8, 4) is 0 Å². The lowest BCUT2D eigenvalue weighted by atomic mass is 10.0. The van der Waals surface area contributed by atoms with Gasteiger partial charge in [0, 0.05) is 17.3 Å². The predicted molar refractivity (Wildman–Crippen MR) is 90.3 cm³/mol. The van der Waals surface area contributed by atoms with Crippen LogP contribution >= 0.6 is 11.6 Å². The van der Waals surface area contributed by atoms with Crippen molar-refractivity contribution in [2.24, 2.45) is 0 Å². The number of aryl methyl sites for hydroxylation is 1. The molecule has 0 radical (unpaired) electrons. The van der Waals surface area contributed by atoms with Crippen molar-refractivity contribution in [2.75, 3.05) is 11.9 Å². The van der Waals surface area contributed by atoms with Crippen LogP contribution in [0.2, 0.25) is 5.02 Å². The number of anilines is 1. The van der Waals surface area contributed by atoms with Gasteiger partial charge in [0.25, 0.3) is 0 Å². The SMILES string of the molecule is Cc1ccc(NC(=O)N2CCC[C@H]2c2ccc(F)cc2)cc1Cl. The van der Waals surface area contributed by atoms with E-state index in [-0.39, 0.29) is 17.9 Å². The Balaban J connectivity index is 1.75. The minimum atomic E-state index is -0.267. The minimum absolute atomic E-state index is 0.0171. The van der Waals surface area contributed by atoms with Crippen molar-refractivity contribution in [3.63, 3.8) is 0 Å². The number of nitrogens with zero attached hydrogens (tertiary/aromatic N) is 1. The second kappa shape index (κ2) is 6.59. The Morgan fingerprint density at radius 1 is 1.26 bits per heavy atom. The monoisotopic (exact) mass is 332 g/mol. The minimum Gasteiger partial charge on any atom is -0.317 e. The van der Waals surface area contributed by atoms with Crippen LogP contribution in [0, 0.1) is 12.7 Å². The highest BCUT2D eigenvalue weighted by atomic mass is 35.5. The largest absolute Gasteiger partial charge is 0.322 e. The Labute approximate surface area is 140 Å². The molecule has 120 valence electrons. The van der Waals surface area contributed by atoms with Crippen molar-refractivity contribution in [1.29, 1.82) is 0 Å². The van der Waals surface area contributed by atoms with Gasteiger partial charge in [-0.15, -0.1) is 0 Å². The zero-order valence-corrected chi connectivity index (χ0v) is 13.6. The van der Waals surface area contributed by atoms with Crippen LogP contribution in [0.25, 0.3) is 0 Å². The fourth-order valence-electron chi connectivity index (χ4n) is 2.91. The van der Waals surface area contributed by atoms with E-state index < -0.39 is 0 Å². The summed E-state index contributed by atoms with van der Waals surface area (Å²) >= 11 is 6.10. The number of urea groups is 1. The van der Waals surface area contributed by atoms with E-state index >= 15 is 0 Å². The average Bonchev–Trinajstić information content (AvgIpc) is 3.01. The van der Waals surface area contributed by atoms with Crippen molar-refractivity contribution in [1.82, 2.24) is 4.90 Å². The molecule has 0 unspecified atom stereocenters. The molecule has 1 aliphatic rings. The van der Waals surface area contributed by atoms with Crippen LogP contribution in [0.15, 0.2) is 42.5 Å². The molecule has 0 spiro atoms. The maximum absolute atomic E-state index is 13.1. The number of rotatable bonds is 2. The third kappa shape index (κ3) is 3.48. The molecule has 5 heteroatoms. The van der Waals surface area contributed by atoms with E-state index in [1.807, 2.05) is 19.1 Å². The number of hydrogen-bond acceptors (Lipinski definition) is 1. The molecule has 1 fully saturated rings. The van der Waals surface area contributed by atoms with Gasteiger partial charge in [-0.25, -0.2) is 9.18 Å². The standard InChI is InChI=1S/C18H18ClFN2O/c1-12-4-9-15(11-16(12)19)21-18(23)22-10-2-3-17(22)13-5-7-14(20)8-6-13/h4-9,11,17H,2-3,10H2,1H3,(H,21,23)/t17-/m0/s1. The highest BCUT2D eigenvalue weighted by Crippen LogP contribution is 2.32. The van der Waals surface area contributed by atoms with Gasteiger partial charge in [-0.1, -0.05) is 29.8 Å². The van der Waals surface area contributed by atoms with Crippen molar-refractivity contribution in [3.05, 3.63) is 64.4 Å². The number of halogens is 2. The highest BCUT2D eigenvalue weighted by molar-refractivity contribution is 6.31. The number of nitrogens with one attached hydrogen (secondary N) is 1. The molecule has 2 aromatic carbocycles. The number of carbonyl (C=O) groups excluding carboxylic acids is 1. The van der Waals surface area contributed by atoms with Gasteiger partial charge in [-0.3, -0.25) is 0 Å². The molecule has 0 aromatic heterocycles. The van der Waals surface area contributed by atoms with E-state index in [0.717, 1.165) is 24.0 Å². The van der Waals surface area contributed by atoms with Gasteiger partial charge in [0.05, 0.1) is 6.04 Å². The maximum Gasteiger partial charge on any atom is 0.322 e. The van der Waals surface area contributed by atoms with Gasteiger partial charge in [0.15, 0.2) is 0 Å². The van der Waals surface area contributed by atoms with E-state index in [2.05, 4.69) is 5.32 Å². The van der Waals surface area contributed by atoms with Crippen molar-refractivity contribution in [2.45, 2.75) is 25.8 Å². The summed E-state index contributed by atoms with van der Waals surface area (Å²) in [7, 11) is 0. The van der Waals surface area contributed by atoms with E-state index in [1.165, 1.54) is 12.1 Å². The summed E-state index contributed by atoms with van der Waals surface area (Å²) in [5.74, 6) is -0.267. The molecule has 3 nitrogen and oxygen atoms in total. The molecule has 3 rings (SSSR count). The number of hydrogen-bond donors (Lipinski definition) is 1. The second-order valence-electron chi connectivity index (χ2n) is 5.80. The van der Waals surface area contributed by atoms with E-state index in [1.54, 1.807) is 23.1 Å². The average molecular weight is 333 g/mol. The molecular formula is C18H18ClFN2O. The molecule has 1 saturated heterocycles. The van der Waals surface area contributed by atoms with Crippen LogP contribution in [0.5, 0.6) is 0 Å². The molecular weight excluding hydrogens is 315 g/mol. The maximum atomic E-state index is 13.1. The number of benzene rings is 2. The zero-order valence-electron chi connectivity index (χ0n) is 12.9. The summed E-state index contributed by atoms with van der Waals surface area (Å²) in [6, 6.07) is 11.6. The Hall–Kier alpha value is -2.07. The fourth-order valence-corrected chi connectivity index (χ4v) is 3.09. The van der Waals surface area contributed by atoms with Gasteiger partial charge in [0.1, 0.15) is 5.82 Å². The van der Waals surface area contributed by atoms with Gasteiger partial charge in [0.2, 0.25) is 0 Å². The summed E-state index contributed by atoms with van der Waals surface area (Å²) in [4.78, 5) is 14.4. The lowest BCUT2D eigenvalue weighted by Gasteiger charge is -2.25. The summed E-state index contributed by atoms with van der Waals surface area (Å²) in [6.07, 6.45) is 1.82. The van der Waals surface area contributed by atoms with Gasteiger partial charge in [-0.05, 0) is 55.2 Å². The van der Waals surface area contributed by atoms with Crippen LogP contribution in [-0.2, 0) is 0 Å². The van der Waals surface area contributed by atoms with Gasteiger partial charge >= 0.3 is 6.03 Å². The van der Waals surface area contributed by atoms with Gasteiger partial charge in [-0.2, -0.15) is 0 Å². The molecule has 1 aliphatic heterocycles. The first-order valence-electron chi connectivity index (χ1n) is 7.64. The number of likely N-dealkylation sites (tertiary alicyclic amines) is 1. The second-order valence-corrected chi connectivity index (χ2v) is 6.20. The molecule has 1 atom stereocenters. The summed E-state index contributed by atoms with van der Waals surface area (Å²) in [6.45, 7) is 2.60. The molecule has 2 amide bonds. The lowest BCUT2D eigenvalue weighted by Crippen LogP contribution is -2.34. The fraction of sp³-hybridized carbons (Fsp3) is 0.278. The van der Waals surface area contributed by atoms with Crippen LogP contribution in [0.1, 0.15) is 30.0 Å². The number of amides is 2. The molecule has 0 saturated carbocycles. The smallest absolute Gasteiger partial charge is 0.317 e. The first kappa shape index (κ1) is 15.8. The molecule has 23 heavy (non-hydrogen) atoms. The topological polar surface area (TPSA) is 32.3 Å². The van der Waals surface area contributed by atoms with E-state index in [0.29, 0.717) is 17.3 Å². The normalized spacial score (nSPS) is 17.3. The van der Waals surface area contributed by atoms with Gasteiger partial charge < -0.3 is 10.2 Å². The summed E-state index contributed by atoms with van der Waals surface area (Å²) in [5, 5.41) is 3.52. The Morgan fingerprint density at radius 2 is 2.00 bits per heavy atom. The molecule has 1 heterocycles. The van der Waals surface area contributed by atoms with Crippen molar-refractivity contribution < 1.29 is 9.18 Å². The predicted octanol–water partition coefficient (Wildman–Crippen LogP) is 5.16. The first-order valence-corrected chi connectivity index (χ1v) is 8.01. The summed E-state index contributed by atoms with van der Waals surface area (Å²) < 4.78 is 13.1. The van der Waals surface area contributed by atoms with Crippen LogP contribution in [-0.4, -0.2) is 17.5 Å². The lowest BCUT2D eigenvalue weighted by molar-refractivity contribution is 0.207. The quantitative estimate of drug-likeness (QED) is 0.809. The van der Waals surface area contributed by atoms with E-state index in [9.17, 15) is 9.18 Å². The highest BCUT2D eigenvalue weighted by Gasteiger charge is 2.30. The first-order chi connectivity index (χ1) is 11.0. The van der Waals surface area contributed by atoms with E-state index in [4.69, 9.17) is 11.6 Å². The Bertz CT molecular complexity index is 717. The van der Waals surface area contributed by atoms with Crippen LogP contribution in [0.4, 0.5) is 14.9 Å². The van der Waals surface area contributed by atoms with Crippen molar-refractivity contribution >= 4 is 23.3 Å². The third-order valence-corrected chi connectivity index (χ3v) is 4.60. The molecule has 1 N–H and O–H groups in total.